The van der Waals surface area contributed by atoms with Crippen molar-refractivity contribution < 1.29 is 22.4 Å². The van der Waals surface area contributed by atoms with Crippen LogP contribution in [0.2, 0.25) is 0 Å². The van der Waals surface area contributed by atoms with Gasteiger partial charge in [-0.25, -0.2) is 13.6 Å². The lowest BCUT2D eigenvalue weighted by atomic mass is 10.1. The number of Topliss-reactive ketones (excluding diaryl/α,β-unsaturated/α-hetero) is 1. The molecule has 0 saturated heterocycles. The third-order valence-electron chi connectivity index (χ3n) is 4.11. The van der Waals surface area contributed by atoms with Crippen molar-refractivity contribution in [2.24, 2.45) is 5.14 Å². The number of primary sulfonamides is 1. The minimum absolute atomic E-state index is 0.0538. The van der Waals surface area contributed by atoms with E-state index in [1.54, 1.807) is 30.3 Å². The van der Waals surface area contributed by atoms with Crippen molar-refractivity contribution in [2.45, 2.75) is 18.0 Å². The van der Waals surface area contributed by atoms with Gasteiger partial charge >= 0.3 is 0 Å². The number of anilines is 1. The van der Waals surface area contributed by atoms with Gasteiger partial charge in [-0.2, -0.15) is 0 Å². The predicted molar refractivity (Wildman–Crippen MR) is 107 cm³/mol. The number of nitrogens with one attached hydrogen (secondary N) is 2. The van der Waals surface area contributed by atoms with E-state index in [1.807, 2.05) is 6.92 Å². The summed E-state index contributed by atoms with van der Waals surface area (Å²) in [5, 5.41) is 10.6. The zero-order valence-electron chi connectivity index (χ0n) is 15.5. The van der Waals surface area contributed by atoms with E-state index in [-0.39, 0.29) is 16.4 Å². The molecule has 29 heavy (non-hydrogen) atoms. The number of carbonyl (C=O) groups is 2. The zero-order chi connectivity index (χ0) is 21.0. The van der Waals surface area contributed by atoms with Gasteiger partial charge in [0.2, 0.25) is 15.8 Å². The quantitative estimate of drug-likeness (QED) is 0.402. The second-order valence-corrected chi connectivity index (χ2v) is 7.89. The van der Waals surface area contributed by atoms with Gasteiger partial charge in [0.25, 0.3) is 5.91 Å². The maximum atomic E-state index is 13.0. The van der Waals surface area contributed by atoms with Crippen molar-refractivity contribution in [3.63, 3.8) is 0 Å². The highest BCUT2D eigenvalue weighted by Crippen LogP contribution is 2.15. The summed E-state index contributed by atoms with van der Waals surface area (Å²) in [7, 11) is -3.84. The van der Waals surface area contributed by atoms with Crippen LogP contribution in [0.1, 0.15) is 26.5 Å². The molecule has 1 atom stereocenters. The molecule has 3 aromatic rings. The Labute approximate surface area is 167 Å². The van der Waals surface area contributed by atoms with E-state index in [1.165, 1.54) is 36.6 Å². The van der Waals surface area contributed by atoms with Crippen molar-refractivity contribution in [3.8, 4) is 0 Å². The summed E-state index contributed by atoms with van der Waals surface area (Å²) < 4.78 is 27.9. The van der Waals surface area contributed by atoms with E-state index in [0.29, 0.717) is 11.3 Å². The molecule has 1 amide bonds. The second kappa shape index (κ2) is 8.29. The fraction of sp³-hybridized carbons (Fsp3) is 0.100. The molecule has 150 valence electrons. The summed E-state index contributed by atoms with van der Waals surface area (Å²) >= 11 is 0. The lowest BCUT2D eigenvalue weighted by molar-refractivity contribution is 0.0853. The number of hydrogen-bond acceptors (Lipinski definition) is 6. The number of carbonyl (C=O) groups excluding carboxylic acids is 2. The molecule has 1 unspecified atom stereocenters. The molecule has 0 bridgehead atoms. The summed E-state index contributed by atoms with van der Waals surface area (Å²) in [5.41, 5.74) is 1.81. The van der Waals surface area contributed by atoms with Crippen LogP contribution in [0.25, 0.3) is 0 Å². The Morgan fingerprint density at radius 2 is 1.66 bits per heavy atom. The molecule has 1 aromatic heterocycles. The molecule has 0 aliphatic carbocycles. The third-order valence-corrected chi connectivity index (χ3v) is 5.04. The van der Waals surface area contributed by atoms with E-state index in [2.05, 4.69) is 10.6 Å². The normalized spacial score (nSPS) is 12.2. The monoisotopic (exact) mass is 413 g/mol. The fourth-order valence-electron chi connectivity index (χ4n) is 2.57. The number of ketones is 1. The Morgan fingerprint density at radius 1 is 1.00 bits per heavy atom. The Balaban J connectivity index is 1.86. The standard InChI is InChI=1S/C20H19N3O5S/c1-13-4-6-14(7-5-13)18(24)19(23-20(25)17-3-2-12-28-17)22-15-8-10-16(11-9-15)29(21,26)27/h2-12,19,22H,1H3,(H,23,25)(H2,21,26,27). The summed E-state index contributed by atoms with van der Waals surface area (Å²) in [6, 6.07) is 15.5. The van der Waals surface area contributed by atoms with Crippen molar-refractivity contribution in [3.05, 3.63) is 83.8 Å². The van der Waals surface area contributed by atoms with Crippen LogP contribution >= 0.6 is 0 Å². The first-order chi connectivity index (χ1) is 13.7. The smallest absolute Gasteiger partial charge is 0.288 e. The molecular formula is C20H19N3O5S. The van der Waals surface area contributed by atoms with Crippen LogP contribution in [0, 0.1) is 6.92 Å². The molecule has 0 aliphatic heterocycles. The van der Waals surface area contributed by atoms with Crippen LogP contribution < -0.4 is 15.8 Å². The van der Waals surface area contributed by atoms with Gasteiger partial charge in [0, 0.05) is 11.3 Å². The molecule has 3 rings (SSSR count). The minimum Gasteiger partial charge on any atom is -0.459 e. The van der Waals surface area contributed by atoms with Crippen LogP contribution in [-0.4, -0.2) is 26.3 Å². The Morgan fingerprint density at radius 3 is 2.21 bits per heavy atom. The van der Waals surface area contributed by atoms with Crippen LogP contribution in [0.4, 0.5) is 5.69 Å². The fourth-order valence-corrected chi connectivity index (χ4v) is 3.08. The number of nitrogens with two attached hydrogens (primary N) is 1. The lowest BCUT2D eigenvalue weighted by Gasteiger charge is -2.20. The number of benzene rings is 2. The summed E-state index contributed by atoms with van der Waals surface area (Å²) in [4.78, 5) is 25.3. The van der Waals surface area contributed by atoms with Crippen LogP contribution in [-0.2, 0) is 10.0 Å². The summed E-state index contributed by atoms with van der Waals surface area (Å²) in [6.45, 7) is 1.90. The number of rotatable bonds is 7. The van der Waals surface area contributed by atoms with Crippen LogP contribution in [0.15, 0.2) is 76.2 Å². The highest BCUT2D eigenvalue weighted by molar-refractivity contribution is 7.89. The van der Waals surface area contributed by atoms with Gasteiger partial charge in [-0.1, -0.05) is 29.8 Å². The van der Waals surface area contributed by atoms with E-state index in [9.17, 15) is 18.0 Å². The van der Waals surface area contributed by atoms with Gasteiger partial charge in [-0.15, -0.1) is 0 Å². The van der Waals surface area contributed by atoms with Gasteiger partial charge in [0.1, 0.15) is 0 Å². The highest BCUT2D eigenvalue weighted by atomic mass is 32.2. The molecule has 0 radical (unpaired) electrons. The zero-order valence-corrected chi connectivity index (χ0v) is 16.3. The van der Waals surface area contributed by atoms with Gasteiger partial charge in [-0.05, 0) is 43.3 Å². The predicted octanol–water partition coefficient (Wildman–Crippen LogP) is 2.29. The van der Waals surface area contributed by atoms with Crippen molar-refractivity contribution in [1.82, 2.24) is 5.32 Å². The maximum absolute atomic E-state index is 13.0. The SMILES string of the molecule is Cc1ccc(C(=O)C(NC(=O)c2ccco2)Nc2ccc(S(N)(=O)=O)cc2)cc1. The summed E-state index contributed by atoms with van der Waals surface area (Å²) in [6.07, 6.45) is 0.237. The maximum Gasteiger partial charge on any atom is 0.288 e. The molecule has 1 heterocycles. The lowest BCUT2D eigenvalue weighted by Crippen LogP contribution is -2.46. The highest BCUT2D eigenvalue weighted by Gasteiger charge is 2.24. The van der Waals surface area contributed by atoms with Gasteiger partial charge in [0.15, 0.2) is 11.9 Å². The number of sulfonamides is 1. The number of amides is 1. The van der Waals surface area contributed by atoms with Gasteiger partial charge < -0.3 is 15.1 Å². The first-order valence-electron chi connectivity index (χ1n) is 8.59. The molecule has 2 aromatic carbocycles. The van der Waals surface area contributed by atoms with Crippen LogP contribution in [0.5, 0.6) is 0 Å². The molecule has 8 nitrogen and oxygen atoms in total. The molecule has 0 fully saturated rings. The Kier molecular flexibility index (Phi) is 5.81. The first kappa shape index (κ1) is 20.3. The second-order valence-electron chi connectivity index (χ2n) is 6.33. The van der Waals surface area contributed by atoms with E-state index < -0.39 is 22.1 Å². The minimum atomic E-state index is -3.84. The molecule has 9 heteroatoms. The van der Waals surface area contributed by atoms with E-state index in [4.69, 9.17) is 9.56 Å². The molecule has 0 saturated carbocycles. The number of furan rings is 1. The van der Waals surface area contributed by atoms with E-state index in [0.717, 1.165) is 5.56 Å². The average Bonchev–Trinajstić information content (AvgIpc) is 3.22. The van der Waals surface area contributed by atoms with Crippen molar-refractivity contribution in [2.75, 3.05) is 5.32 Å². The summed E-state index contributed by atoms with van der Waals surface area (Å²) in [5.74, 6) is -0.896. The first-order valence-corrected chi connectivity index (χ1v) is 10.1. The number of aryl methyl sites for hydroxylation is 1. The van der Waals surface area contributed by atoms with Crippen molar-refractivity contribution >= 4 is 27.4 Å². The largest absolute Gasteiger partial charge is 0.459 e. The van der Waals surface area contributed by atoms with E-state index >= 15 is 0 Å². The molecule has 0 spiro atoms. The van der Waals surface area contributed by atoms with Crippen molar-refractivity contribution in [1.29, 1.82) is 0 Å². The molecule has 4 N–H and O–H groups in total. The Bertz CT molecular complexity index is 1110. The third kappa shape index (κ3) is 5.09. The molecule has 0 aliphatic rings. The topological polar surface area (TPSA) is 132 Å². The number of hydrogen-bond donors (Lipinski definition) is 3. The van der Waals surface area contributed by atoms with Gasteiger partial charge in [-0.3, -0.25) is 9.59 Å². The van der Waals surface area contributed by atoms with Gasteiger partial charge in [0.05, 0.1) is 11.2 Å². The Hall–Kier alpha value is -3.43. The average molecular weight is 413 g/mol. The molecular weight excluding hydrogens is 394 g/mol. The van der Waals surface area contributed by atoms with Crippen LogP contribution in [0.3, 0.4) is 0 Å².